The molecule has 0 radical (unpaired) electrons. The standard InChI is InChI=1S/C62H37NS/c1-8-26-46-38(18-1)39-19-2-9-27-47(39)61(46)50-30-12-5-23-44(50)58-52(61)32-16-34-54(58)63(56-36-15-25-43-42-22-7-14-37-57(42)64-60(43)56)55-35-17-33-53-59(55)45-24-6-13-31-51(45)62(53)48-28-10-3-20-40(48)41-21-4-11-29-49(41)62/h1-37H. The summed E-state index contributed by atoms with van der Waals surface area (Å²) in [6, 6.07) is 85.1. The van der Waals surface area contributed by atoms with Crippen molar-refractivity contribution in [1.82, 2.24) is 0 Å². The quantitative estimate of drug-likeness (QED) is 0.171. The van der Waals surface area contributed by atoms with Gasteiger partial charge in [0.05, 0.1) is 32.6 Å². The van der Waals surface area contributed by atoms with Crippen LogP contribution in [0.4, 0.5) is 17.1 Å². The molecule has 0 N–H and O–H groups in total. The van der Waals surface area contributed by atoms with Gasteiger partial charge in [0.1, 0.15) is 0 Å². The third-order valence-corrected chi connectivity index (χ3v) is 16.3. The van der Waals surface area contributed by atoms with Gasteiger partial charge in [-0.1, -0.05) is 200 Å². The van der Waals surface area contributed by atoms with Crippen LogP contribution in [0.2, 0.25) is 0 Å². The second kappa shape index (κ2) is 12.4. The lowest BCUT2D eigenvalue weighted by Crippen LogP contribution is -2.26. The molecule has 296 valence electrons. The van der Waals surface area contributed by atoms with E-state index < -0.39 is 10.8 Å². The SMILES string of the molecule is c1ccc2c(c1)-c1ccccc1C21c2ccccc2-c2c(N(c3cccc4c3-c3ccccc3C43c4ccccc4-c4ccccc43)c3cccc4c3sc3ccccc34)cccc21. The predicted molar refractivity (Wildman–Crippen MR) is 267 cm³/mol. The Balaban J connectivity index is 1.09. The Kier molecular flexibility index (Phi) is 6.76. The van der Waals surface area contributed by atoms with Crippen LogP contribution in [0.3, 0.4) is 0 Å². The van der Waals surface area contributed by atoms with Gasteiger partial charge >= 0.3 is 0 Å². The smallest absolute Gasteiger partial charge is 0.0726 e. The van der Waals surface area contributed by atoms with Crippen LogP contribution in [0.5, 0.6) is 0 Å². The Labute approximate surface area is 375 Å². The Morgan fingerprint density at radius 1 is 0.266 bits per heavy atom. The van der Waals surface area contributed by atoms with E-state index in [0.29, 0.717) is 0 Å². The summed E-state index contributed by atoms with van der Waals surface area (Å²) < 4.78 is 2.59. The first-order valence-corrected chi connectivity index (χ1v) is 23.2. The van der Waals surface area contributed by atoms with Crippen molar-refractivity contribution in [2.75, 3.05) is 4.90 Å². The Hall–Kier alpha value is -7.78. The van der Waals surface area contributed by atoms with E-state index in [-0.39, 0.29) is 0 Å². The number of rotatable bonds is 3. The number of anilines is 3. The van der Waals surface area contributed by atoms with Gasteiger partial charge in [-0.2, -0.15) is 0 Å². The van der Waals surface area contributed by atoms with Crippen LogP contribution in [0, 0.1) is 0 Å². The molecule has 0 saturated carbocycles. The van der Waals surface area contributed by atoms with Gasteiger partial charge in [0.15, 0.2) is 0 Å². The molecule has 2 spiro atoms. The maximum absolute atomic E-state index is 2.65. The first-order valence-electron chi connectivity index (χ1n) is 22.4. The molecule has 4 aliphatic rings. The van der Waals surface area contributed by atoms with E-state index in [4.69, 9.17) is 0 Å². The molecule has 10 aromatic carbocycles. The van der Waals surface area contributed by atoms with Crippen LogP contribution in [-0.2, 0) is 10.8 Å². The number of hydrogen-bond donors (Lipinski definition) is 0. The summed E-state index contributed by atoms with van der Waals surface area (Å²) >= 11 is 1.90. The summed E-state index contributed by atoms with van der Waals surface area (Å²) in [4.78, 5) is 2.65. The molecule has 1 nitrogen and oxygen atoms in total. The van der Waals surface area contributed by atoms with Crippen molar-refractivity contribution in [3.63, 3.8) is 0 Å². The van der Waals surface area contributed by atoms with Gasteiger partial charge in [-0.3, -0.25) is 0 Å². The van der Waals surface area contributed by atoms with Crippen molar-refractivity contribution in [3.8, 4) is 44.5 Å². The Morgan fingerprint density at radius 3 is 1.06 bits per heavy atom. The highest BCUT2D eigenvalue weighted by molar-refractivity contribution is 7.26. The van der Waals surface area contributed by atoms with Crippen LogP contribution in [0.25, 0.3) is 64.7 Å². The van der Waals surface area contributed by atoms with E-state index in [0.717, 1.165) is 0 Å². The summed E-state index contributed by atoms with van der Waals surface area (Å²) in [5.74, 6) is 0. The van der Waals surface area contributed by atoms with Gasteiger partial charge in [-0.05, 0) is 102 Å². The Morgan fingerprint density at radius 2 is 0.594 bits per heavy atom. The van der Waals surface area contributed by atoms with Crippen LogP contribution < -0.4 is 4.90 Å². The van der Waals surface area contributed by atoms with Gasteiger partial charge in [-0.15, -0.1) is 11.3 Å². The van der Waals surface area contributed by atoms with Crippen LogP contribution in [-0.4, -0.2) is 0 Å². The largest absolute Gasteiger partial charge is 0.308 e. The Bertz CT molecular complexity index is 3540. The summed E-state index contributed by atoms with van der Waals surface area (Å²) in [6.07, 6.45) is 0. The molecule has 0 saturated heterocycles. The molecule has 2 heteroatoms. The molecule has 1 aromatic heterocycles. The first-order chi connectivity index (χ1) is 31.8. The zero-order chi connectivity index (χ0) is 41.7. The average molecular weight is 828 g/mol. The van der Waals surface area contributed by atoms with Gasteiger partial charge in [0.25, 0.3) is 0 Å². The molecule has 1 heterocycles. The number of fused-ring (bicyclic) bond motifs is 23. The summed E-state index contributed by atoms with van der Waals surface area (Å²) in [5.41, 5.74) is 23.8. The second-order valence-electron chi connectivity index (χ2n) is 17.8. The third-order valence-electron chi connectivity index (χ3n) is 15.1. The van der Waals surface area contributed by atoms with Crippen molar-refractivity contribution in [2.24, 2.45) is 0 Å². The highest BCUT2D eigenvalue weighted by Crippen LogP contribution is 2.68. The lowest BCUT2D eigenvalue weighted by Gasteiger charge is -2.33. The molecule has 0 unspecified atom stereocenters. The minimum Gasteiger partial charge on any atom is -0.308 e. The fraction of sp³-hybridized carbons (Fsp3) is 0.0323. The van der Waals surface area contributed by atoms with Gasteiger partial charge in [0.2, 0.25) is 0 Å². The zero-order valence-corrected chi connectivity index (χ0v) is 35.5. The van der Waals surface area contributed by atoms with Crippen molar-refractivity contribution in [1.29, 1.82) is 0 Å². The van der Waals surface area contributed by atoms with E-state index >= 15 is 0 Å². The molecule has 0 atom stereocenters. The molecule has 15 rings (SSSR count). The molecule has 64 heavy (non-hydrogen) atoms. The number of benzene rings is 10. The summed E-state index contributed by atoms with van der Waals surface area (Å²) in [7, 11) is 0. The fourth-order valence-electron chi connectivity index (χ4n) is 12.9. The van der Waals surface area contributed by atoms with Crippen molar-refractivity contribution in [2.45, 2.75) is 10.8 Å². The molecular weight excluding hydrogens is 791 g/mol. The van der Waals surface area contributed by atoms with E-state index in [1.807, 2.05) is 11.3 Å². The molecular formula is C62H37NS. The molecule has 4 aliphatic carbocycles. The molecule has 0 amide bonds. The number of hydrogen-bond acceptors (Lipinski definition) is 2. The van der Waals surface area contributed by atoms with Crippen molar-refractivity contribution in [3.05, 3.63) is 269 Å². The molecule has 11 aromatic rings. The van der Waals surface area contributed by atoms with E-state index in [2.05, 4.69) is 229 Å². The van der Waals surface area contributed by atoms with Gasteiger partial charge < -0.3 is 4.90 Å². The molecule has 0 bridgehead atoms. The van der Waals surface area contributed by atoms with Crippen molar-refractivity contribution < 1.29 is 0 Å². The average Bonchev–Trinajstić information content (AvgIpc) is 4.14. The second-order valence-corrected chi connectivity index (χ2v) is 18.8. The monoisotopic (exact) mass is 827 g/mol. The maximum atomic E-state index is 2.65. The van der Waals surface area contributed by atoms with Gasteiger partial charge in [0, 0.05) is 26.6 Å². The number of thiophene rings is 1. The summed E-state index contributed by atoms with van der Waals surface area (Å²) in [6.45, 7) is 0. The fourth-order valence-corrected chi connectivity index (χ4v) is 14.1. The van der Waals surface area contributed by atoms with Crippen LogP contribution in [0.1, 0.15) is 44.5 Å². The van der Waals surface area contributed by atoms with Gasteiger partial charge in [-0.25, -0.2) is 0 Å². The molecule has 0 fully saturated rings. The highest BCUT2D eigenvalue weighted by atomic mass is 32.1. The van der Waals surface area contributed by atoms with Crippen molar-refractivity contribution >= 4 is 48.6 Å². The lowest BCUT2D eigenvalue weighted by molar-refractivity contribution is 0.793. The van der Waals surface area contributed by atoms with Crippen LogP contribution in [0.15, 0.2) is 224 Å². The minimum atomic E-state index is -0.461. The maximum Gasteiger partial charge on any atom is 0.0726 e. The lowest BCUT2D eigenvalue weighted by atomic mass is 9.70. The topological polar surface area (TPSA) is 3.24 Å². The highest BCUT2D eigenvalue weighted by Gasteiger charge is 2.54. The predicted octanol–water partition coefficient (Wildman–Crippen LogP) is 16.2. The van der Waals surface area contributed by atoms with E-state index in [9.17, 15) is 0 Å². The minimum absolute atomic E-state index is 0.461. The zero-order valence-electron chi connectivity index (χ0n) is 34.7. The summed E-state index contributed by atoms with van der Waals surface area (Å²) in [5, 5.41) is 2.59. The third kappa shape index (κ3) is 4.03. The number of nitrogens with zero attached hydrogens (tertiary/aromatic N) is 1. The normalized spacial score (nSPS) is 14.5. The van der Waals surface area contributed by atoms with Crippen LogP contribution >= 0.6 is 11.3 Å². The molecule has 0 aliphatic heterocycles. The first kappa shape index (κ1) is 34.8. The van der Waals surface area contributed by atoms with E-state index in [1.165, 1.54) is 126 Å². The van der Waals surface area contributed by atoms with E-state index in [1.54, 1.807) is 0 Å².